The summed E-state index contributed by atoms with van der Waals surface area (Å²) in [6.07, 6.45) is 0.789. The smallest absolute Gasteiger partial charge is 0.328 e. The average Bonchev–Trinajstić information content (AvgIpc) is 2.39. The molecular weight excluding hydrogens is 236 g/mol. The van der Waals surface area contributed by atoms with Crippen molar-refractivity contribution >= 4 is 11.9 Å². The van der Waals surface area contributed by atoms with Gasteiger partial charge in [-0.15, -0.1) is 0 Å². The van der Waals surface area contributed by atoms with Crippen LogP contribution in [0.2, 0.25) is 0 Å². The summed E-state index contributed by atoms with van der Waals surface area (Å²) in [7, 11) is 2.92. The Balaban J connectivity index is 4.15. The van der Waals surface area contributed by atoms with Gasteiger partial charge in [0.25, 0.3) is 0 Å². The number of hydrogen-bond acceptors (Lipinski definition) is 5. The third kappa shape index (κ3) is 6.56. The molecule has 0 heterocycles. The van der Waals surface area contributed by atoms with E-state index in [1.807, 2.05) is 13.8 Å². The van der Waals surface area contributed by atoms with Gasteiger partial charge in [-0.25, -0.2) is 4.79 Å². The van der Waals surface area contributed by atoms with Gasteiger partial charge in [0.2, 0.25) is 5.91 Å². The van der Waals surface area contributed by atoms with E-state index in [9.17, 15) is 9.59 Å². The zero-order valence-electron chi connectivity index (χ0n) is 11.6. The molecule has 2 atom stereocenters. The Kier molecular flexibility index (Phi) is 9.22. The number of esters is 1. The van der Waals surface area contributed by atoms with Crippen LogP contribution < -0.4 is 10.6 Å². The molecule has 0 aromatic rings. The predicted octanol–water partition coefficient (Wildman–Crippen LogP) is -0.0737. The molecule has 0 aliphatic carbocycles. The standard InChI is InChI=1S/C12H24N2O4/c1-5-9(2)11(12(16)18-4)14-10(15)8-13-6-7-17-3/h9,11,13H,5-8H2,1-4H3,(H,14,15)/t9-,11-/m0/s1. The third-order valence-electron chi connectivity index (χ3n) is 2.75. The number of carbonyl (C=O) groups excluding carboxylic acids is 2. The summed E-state index contributed by atoms with van der Waals surface area (Å²) < 4.78 is 9.53. The first-order valence-corrected chi connectivity index (χ1v) is 6.13. The highest BCUT2D eigenvalue weighted by atomic mass is 16.5. The van der Waals surface area contributed by atoms with Crippen molar-refractivity contribution in [1.29, 1.82) is 0 Å². The van der Waals surface area contributed by atoms with Crippen molar-refractivity contribution in [2.24, 2.45) is 5.92 Å². The first kappa shape index (κ1) is 16.9. The first-order valence-electron chi connectivity index (χ1n) is 6.13. The summed E-state index contributed by atoms with van der Waals surface area (Å²) in [5.41, 5.74) is 0. The maximum Gasteiger partial charge on any atom is 0.328 e. The fourth-order valence-corrected chi connectivity index (χ4v) is 1.40. The van der Waals surface area contributed by atoms with E-state index in [0.29, 0.717) is 13.2 Å². The fourth-order valence-electron chi connectivity index (χ4n) is 1.40. The van der Waals surface area contributed by atoms with E-state index in [1.54, 1.807) is 7.11 Å². The molecule has 1 amide bonds. The van der Waals surface area contributed by atoms with Gasteiger partial charge in [-0.2, -0.15) is 0 Å². The summed E-state index contributed by atoms with van der Waals surface area (Å²) in [6, 6.07) is -0.586. The van der Waals surface area contributed by atoms with Crippen LogP contribution in [0.25, 0.3) is 0 Å². The van der Waals surface area contributed by atoms with E-state index in [2.05, 4.69) is 15.4 Å². The lowest BCUT2D eigenvalue weighted by Crippen LogP contribution is -2.48. The van der Waals surface area contributed by atoms with E-state index in [-0.39, 0.29) is 18.4 Å². The third-order valence-corrected chi connectivity index (χ3v) is 2.75. The number of nitrogens with one attached hydrogen (secondary N) is 2. The molecule has 0 saturated carbocycles. The second kappa shape index (κ2) is 9.85. The highest BCUT2D eigenvalue weighted by molar-refractivity contribution is 5.85. The van der Waals surface area contributed by atoms with Gasteiger partial charge in [-0.3, -0.25) is 4.79 Å². The van der Waals surface area contributed by atoms with Crippen molar-refractivity contribution in [3.05, 3.63) is 0 Å². The molecule has 0 spiro atoms. The number of amides is 1. The maximum atomic E-state index is 11.6. The van der Waals surface area contributed by atoms with Crippen LogP contribution in [0.3, 0.4) is 0 Å². The minimum atomic E-state index is -0.586. The maximum absolute atomic E-state index is 11.6. The van der Waals surface area contributed by atoms with E-state index in [4.69, 9.17) is 4.74 Å². The van der Waals surface area contributed by atoms with Crippen molar-refractivity contribution in [1.82, 2.24) is 10.6 Å². The molecule has 6 heteroatoms. The zero-order valence-corrected chi connectivity index (χ0v) is 11.6. The Hall–Kier alpha value is -1.14. The van der Waals surface area contributed by atoms with Crippen molar-refractivity contribution in [3.63, 3.8) is 0 Å². The Morgan fingerprint density at radius 2 is 1.94 bits per heavy atom. The molecular formula is C12H24N2O4. The van der Waals surface area contributed by atoms with E-state index >= 15 is 0 Å². The molecule has 0 radical (unpaired) electrons. The second-order valence-corrected chi connectivity index (χ2v) is 4.12. The molecule has 0 rings (SSSR count). The largest absolute Gasteiger partial charge is 0.467 e. The normalized spacial score (nSPS) is 13.8. The molecule has 18 heavy (non-hydrogen) atoms. The molecule has 0 aromatic heterocycles. The number of methoxy groups -OCH3 is 2. The van der Waals surface area contributed by atoms with Crippen LogP contribution in [-0.4, -0.2) is 51.8 Å². The van der Waals surface area contributed by atoms with E-state index in [1.165, 1.54) is 7.11 Å². The van der Waals surface area contributed by atoms with Crippen LogP contribution in [-0.2, 0) is 19.1 Å². The lowest BCUT2D eigenvalue weighted by atomic mass is 9.99. The minimum absolute atomic E-state index is 0.0420. The quantitative estimate of drug-likeness (QED) is 0.448. The summed E-state index contributed by atoms with van der Waals surface area (Å²) in [4.78, 5) is 23.2. The van der Waals surface area contributed by atoms with Crippen molar-refractivity contribution in [3.8, 4) is 0 Å². The monoisotopic (exact) mass is 260 g/mol. The van der Waals surface area contributed by atoms with Crippen molar-refractivity contribution < 1.29 is 19.1 Å². The predicted molar refractivity (Wildman–Crippen MR) is 68.1 cm³/mol. The van der Waals surface area contributed by atoms with Gasteiger partial charge >= 0.3 is 5.97 Å². The molecule has 0 aliphatic heterocycles. The fraction of sp³-hybridized carbons (Fsp3) is 0.833. The summed E-state index contributed by atoms with van der Waals surface area (Å²) in [6.45, 7) is 5.16. The van der Waals surface area contributed by atoms with Gasteiger partial charge in [0.1, 0.15) is 6.04 Å². The van der Waals surface area contributed by atoms with Gasteiger partial charge in [-0.1, -0.05) is 20.3 Å². The lowest BCUT2D eigenvalue weighted by molar-refractivity contribution is -0.146. The van der Waals surface area contributed by atoms with Crippen LogP contribution in [0.4, 0.5) is 0 Å². The summed E-state index contributed by atoms with van der Waals surface area (Å²) in [5, 5.41) is 5.59. The van der Waals surface area contributed by atoms with Crippen LogP contribution in [0, 0.1) is 5.92 Å². The molecule has 0 bridgehead atoms. The van der Waals surface area contributed by atoms with E-state index < -0.39 is 12.0 Å². The Labute approximate surface area is 108 Å². The summed E-state index contributed by atoms with van der Waals surface area (Å²) >= 11 is 0. The second-order valence-electron chi connectivity index (χ2n) is 4.12. The summed E-state index contributed by atoms with van der Waals surface area (Å²) in [5.74, 6) is -0.586. The average molecular weight is 260 g/mol. The highest BCUT2D eigenvalue weighted by Crippen LogP contribution is 2.08. The van der Waals surface area contributed by atoms with Crippen LogP contribution in [0.5, 0.6) is 0 Å². The molecule has 0 saturated heterocycles. The van der Waals surface area contributed by atoms with Crippen LogP contribution >= 0.6 is 0 Å². The van der Waals surface area contributed by atoms with Gasteiger partial charge in [-0.05, 0) is 5.92 Å². The van der Waals surface area contributed by atoms with E-state index in [0.717, 1.165) is 6.42 Å². The van der Waals surface area contributed by atoms with Gasteiger partial charge in [0, 0.05) is 13.7 Å². The Morgan fingerprint density at radius 1 is 1.28 bits per heavy atom. The first-order chi connectivity index (χ1) is 8.56. The minimum Gasteiger partial charge on any atom is -0.467 e. The van der Waals surface area contributed by atoms with Crippen molar-refractivity contribution in [2.45, 2.75) is 26.3 Å². The number of hydrogen-bond donors (Lipinski definition) is 2. The molecule has 106 valence electrons. The number of carbonyl (C=O) groups is 2. The SMILES string of the molecule is CC[C@H](C)[C@H](NC(=O)CNCCOC)C(=O)OC. The lowest BCUT2D eigenvalue weighted by Gasteiger charge is -2.21. The van der Waals surface area contributed by atoms with Crippen LogP contribution in [0.15, 0.2) is 0 Å². The zero-order chi connectivity index (χ0) is 14.0. The molecule has 0 aliphatic rings. The number of ether oxygens (including phenoxy) is 2. The van der Waals surface area contributed by atoms with Crippen molar-refractivity contribution in [2.75, 3.05) is 33.9 Å². The molecule has 0 unspecified atom stereocenters. The highest BCUT2D eigenvalue weighted by Gasteiger charge is 2.26. The van der Waals surface area contributed by atoms with Gasteiger partial charge in [0.15, 0.2) is 0 Å². The Bertz CT molecular complexity index is 258. The van der Waals surface area contributed by atoms with Gasteiger partial charge < -0.3 is 20.1 Å². The Morgan fingerprint density at radius 3 is 2.44 bits per heavy atom. The topological polar surface area (TPSA) is 76.7 Å². The molecule has 0 aromatic carbocycles. The van der Waals surface area contributed by atoms with Crippen LogP contribution in [0.1, 0.15) is 20.3 Å². The molecule has 0 fully saturated rings. The molecule has 2 N–H and O–H groups in total. The van der Waals surface area contributed by atoms with Gasteiger partial charge in [0.05, 0.1) is 20.3 Å². The molecule has 6 nitrogen and oxygen atoms in total. The number of rotatable bonds is 9.